The summed E-state index contributed by atoms with van der Waals surface area (Å²) in [5, 5.41) is 8.51. The lowest BCUT2D eigenvalue weighted by Crippen LogP contribution is -2.47. The van der Waals surface area contributed by atoms with Crippen molar-refractivity contribution in [3.63, 3.8) is 0 Å². The summed E-state index contributed by atoms with van der Waals surface area (Å²) in [6.45, 7) is 3.17. The number of amides is 4. The van der Waals surface area contributed by atoms with E-state index in [0.717, 1.165) is 18.7 Å². The highest BCUT2D eigenvalue weighted by molar-refractivity contribution is 6.42. The van der Waals surface area contributed by atoms with Gasteiger partial charge >= 0.3 is 6.03 Å². The maximum Gasteiger partial charge on any atom is 0.322 e. The molecule has 28 heavy (non-hydrogen) atoms. The Labute approximate surface area is 172 Å². The smallest absolute Gasteiger partial charge is 0.322 e. The lowest BCUT2D eigenvalue weighted by Gasteiger charge is -2.33. The van der Waals surface area contributed by atoms with E-state index in [9.17, 15) is 14.4 Å². The average molecular weight is 429 g/mol. The first-order valence-electron chi connectivity index (χ1n) is 9.06. The van der Waals surface area contributed by atoms with Gasteiger partial charge in [0.2, 0.25) is 5.91 Å². The Morgan fingerprint density at radius 3 is 2.82 bits per heavy atom. The van der Waals surface area contributed by atoms with Gasteiger partial charge in [-0.3, -0.25) is 19.8 Å². The Bertz CT molecular complexity index is 761. The fourth-order valence-electron chi connectivity index (χ4n) is 3.20. The topological polar surface area (TPSA) is 99.8 Å². The number of carbonyl (C=O) groups excluding carboxylic acids is 3. The number of benzene rings is 1. The van der Waals surface area contributed by atoms with Crippen LogP contribution in [0.25, 0.3) is 0 Å². The number of hydrogen-bond donors (Lipinski definition) is 3. The Morgan fingerprint density at radius 1 is 1.29 bits per heavy atom. The summed E-state index contributed by atoms with van der Waals surface area (Å²) >= 11 is 12.0. The van der Waals surface area contributed by atoms with E-state index in [1.165, 1.54) is 0 Å². The van der Waals surface area contributed by atoms with Gasteiger partial charge in [0.1, 0.15) is 6.04 Å². The van der Waals surface area contributed by atoms with Gasteiger partial charge in [-0.15, -0.1) is 0 Å². The van der Waals surface area contributed by atoms with E-state index < -0.39 is 18.0 Å². The molecule has 1 unspecified atom stereocenters. The van der Waals surface area contributed by atoms with Crippen LogP contribution in [0.4, 0.5) is 4.79 Å². The Balaban J connectivity index is 1.39. The number of imide groups is 1. The molecule has 0 aromatic heterocycles. The first kappa shape index (κ1) is 20.9. The van der Waals surface area contributed by atoms with Gasteiger partial charge < -0.3 is 15.4 Å². The summed E-state index contributed by atoms with van der Waals surface area (Å²) < 4.78 is 5.72. The van der Waals surface area contributed by atoms with Crippen LogP contribution in [0.2, 0.25) is 10.0 Å². The highest BCUT2D eigenvalue weighted by Gasteiger charge is 2.29. The summed E-state index contributed by atoms with van der Waals surface area (Å²) in [6.07, 6.45) is 0.297. The van der Waals surface area contributed by atoms with Crippen molar-refractivity contribution in [3.05, 3.63) is 33.8 Å². The largest absolute Gasteiger partial charge is 0.374 e. The number of morpholine rings is 1. The molecule has 4 amide bonds. The highest BCUT2D eigenvalue weighted by Crippen LogP contribution is 2.23. The van der Waals surface area contributed by atoms with Crippen LogP contribution in [0.15, 0.2) is 18.2 Å². The van der Waals surface area contributed by atoms with E-state index >= 15 is 0 Å². The molecule has 0 radical (unpaired) electrons. The first-order chi connectivity index (χ1) is 13.4. The fourth-order valence-corrected chi connectivity index (χ4v) is 3.52. The van der Waals surface area contributed by atoms with Crippen molar-refractivity contribution in [1.29, 1.82) is 0 Å². The molecule has 2 heterocycles. The van der Waals surface area contributed by atoms with Gasteiger partial charge in [0.05, 0.1) is 22.8 Å². The highest BCUT2D eigenvalue weighted by atomic mass is 35.5. The molecule has 3 rings (SSSR count). The van der Waals surface area contributed by atoms with Crippen LogP contribution < -0.4 is 16.0 Å². The molecule has 1 aromatic carbocycles. The van der Waals surface area contributed by atoms with Gasteiger partial charge in [-0.25, -0.2) is 4.79 Å². The van der Waals surface area contributed by atoms with Crippen molar-refractivity contribution in [2.45, 2.75) is 31.5 Å². The van der Waals surface area contributed by atoms with Gasteiger partial charge in [0, 0.05) is 32.6 Å². The van der Waals surface area contributed by atoms with E-state index in [2.05, 4.69) is 20.9 Å². The van der Waals surface area contributed by atoms with Crippen LogP contribution >= 0.6 is 23.2 Å². The summed E-state index contributed by atoms with van der Waals surface area (Å²) in [6, 6.07) is 4.41. The number of ether oxygens (including phenoxy) is 1. The summed E-state index contributed by atoms with van der Waals surface area (Å²) in [5.41, 5.74) is 1.07. The third-order valence-electron chi connectivity index (χ3n) is 4.66. The van der Waals surface area contributed by atoms with Crippen LogP contribution in [-0.2, 0) is 20.9 Å². The number of halogens is 2. The number of hydrogen-bond acceptors (Lipinski definition) is 5. The Morgan fingerprint density at radius 2 is 2.11 bits per heavy atom. The minimum absolute atomic E-state index is 0.116. The molecule has 152 valence electrons. The number of urea groups is 1. The summed E-state index contributed by atoms with van der Waals surface area (Å²) in [4.78, 5) is 36.8. The van der Waals surface area contributed by atoms with E-state index in [-0.39, 0.29) is 24.9 Å². The number of nitrogens with zero attached hydrogens (tertiary/aromatic N) is 1. The molecule has 0 saturated carbocycles. The molecule has 0 aliphatic carbocycles. The van der Waals surface area contributed by atoms with Crippen LogP contribution in [0, 0.1) is 0 Å². The van der Waals surface area contributed by atoms with Crippen molar-refractivity contribution in [3.8, 4) is 0 Å². The maximum absolute atomic E-state index is 12.0. The SMILES string of the molecule is O=C(CCC1NC(=O)NC1=O)NC[C@H]1CN(Cc2ccc(Cl)c(Cl)c2)CCO1. The minimum Gasteiger partial charge on any atom is -0.374 e. The minimum atomic E-state index is -0.647. The molecule has 2 aliphatic rings. The monoisotopic (exact) mass is 428 g/mol. The van der Waals surface area contributed by atoms with Crippen LogP contribution in [0.1, 0.15) is 18.4 Å². The van der Waals surface area contributed by atoms with Crippen LogP contribution in [-0.4, -0.2) is 61.1 Å². The van der Waals surface area contributed by atoms with Gasteiger partial charge in [-0.05, 0) is 24.1 Å². The number of carbonyl (C=O) groups is 3. The van der Waals surface area contributed by atoms with Gasteiger partial charge in [-0.1, -0.05) is 29.3 Å². The molecule has 10 heteroatoms. The van der Waals surface area contributed by atoms with Crippen LogP contribution in [0.5, 0.6) is 0 Å². The van der Waals surface area contributed by atoms with Crippen molar-refractivity contribution in [2.24, 2.45) is 0 Å². The van der Waals surface area contributed by atoms with Gasteiger partial charge in [0.15, 0.2) is 0 Å². The predicted octanol–water partition coefficient (Wildman–Crippen LogP) is 1.30. The molecule has 2 aliphatic heterocycles. The maximum atomic E-state index is 12.0. The molecule has 8 nitrogen and oxygen atoms in total. The van der Waals surface area contributed by atoms with E-state index in [1.54, 1.807) is 6.07 Å². The standard InChI is InChI=1S/C18H22Cl2N4O4/c19-13-2-1-11(7-14(13)20)9-24-5-6-28-12(10-24)8-21-16(25)4-3-15-17(26)23-18(27)22-15/h1-2,7,12,15H,3-6,8-10H2,(H,21,25)(H2,22,23,26,27)/t12-,15?/m0/s1. The molecule has 2 atom stereocenters. The van der Waals surface area contributed by atoms with Crippen molar-refractivity contribution in [2.75, 3.05) is 26.2 Å². The van der Waals surface area contributed by atoms with Gasteiger partial charge in [-0.2, -0.15) is 0 Å². The van der Waals surface area contributed by atoms with Gasteiger partial charge in [0.25, 0.3) is 5.91 Å². The lowest BCUT2D eigenvalue weighted by molar-refractivity contribution is -0.123. The summed E-state index contributed by atoms with van der Waals surface area (Å²) in [5.74, 6) is -0.578. The molecular weight excluding hydrogens is 407 g/mol. The zero-order valence-corrected chi connectivity index (χ0v) is 16.7. The third kappa shape index (κ3) is 5.81. The first-order valence-corrected chi connectivity index (χ1v) is 9.82. The molecular formula is C18H22Cl2N4O4. The van der Waals surface area contributed by atoms with E-state index in [4.69, 9.17) is 27.9 Å². The second-order valence-corrected chi connectivity index (χ2v) is 7.65. The second kappa shape index (κ2) is 9.56. The lowest BCUT2D eigenvalue weighted by atomic mass is 10.1. The molecule has 0 bridgehead atoms. The fraction of sp³-hybridized carbons (Fsp3) is 0.500. The normalized spacial score (nSPS) is 22.6. The molecule has 1 aromatic rings. The van der Waals surface area contributed by atoms with Crippen molar-refractivity contribution in [1.82, 2.24) is 20.9 Å². The number of nitrogens with one attached hydrogen (secondary N) is 3. The quantitative estimate of drug-likeness (QED) is 0.568. The molecule has 2 saturated heterocycles. The second-order valence-electron chi connectivity index (χ2n) is 6.83. The van der Waals surface area contributed by atoms with Crippen molar-refractivity contribution < 1.29 is 19.1 Å². The number of rotatable bonds is 7. The third-order valence-corrected chi connectivity index (χ3v) is 5.40. The van der Waals surface area contributed by atoms with E-state index in [0.29, 0.717) is 29.7 Å². The Kier molecular flexibility index (Phi) is 7.12. The Hall–Kier alpha value is -1.87. The average Bonchev–Trinajstić information content (AvgIpc) is 2.99. The van der Waals surface area contributed by atoms with E-state index in [1.807, 2.05) is 12.1 Å². The predicted molar refractivity (Wildman–Crippen MR) is 104 cm³/mol. The summed E-state index contributed by atoms with van der Waals surface area (Å²) in [7, 11) is 0. The zero-order chi connectivity index (χ0) is 20.1. The molecule has 2 fully saturated rings. The van der Waals surface area contributed by atoms with Crippen molar-refractivity contribution >= 4 is 41.0 Å². The zero-order valence-electron chi connectivity index (χ0n) is 15.2. The van der Waals surface area contributed by atoms with Crippen LogP contribution in [0.3, 0.4) is 0 Å². The molecule has 0 spiro atoms. The molecule has 3 N–H and O–H groups in total.